The van der Waals surface area contributed by atoms with Gasteiger partial charge < -0.3 is 25.2 Å². The van der Waals surface area contributed by atoms with Gasteiger partial charge in [0.2, 0.25) is 0 Å². The Kier molecular flexibility index (Phi) is 11.7. The van der Waals surface area contributed by atoms with Gasteiger partial charge in [-0.15, -0.1) is 0 Å². The van der Waals surface area contributed by atoms with Gasteiger partial charge in [0.1, 0.15) is 0 Å². The molecule has 0 amide bonds. The van der Waals surface area contributed by atoms with Crippen molar-refractivity contribution >= 4 is 29.0 Å². The maximum Gasteiger partial charge on any atom is 0.490 e. The molecule has 16 heteroatoms. The molecule has 3 N–H and O–H groups in total. The van der Waals surface area contributed by atoms with Crippen LogP contribution in [0.15, 0.2) is 48.7 Å². The van der Waals surface area contributed by atoms with Gasteiger partial charge in [-0.2, -0.15) is 31.4 Å². The highest BCUT2D eigenvalue weighted by atomic mass is 19.4. The second kappa shape index (κ2) is 15.0. The largest absolute Gasteiger partial charge is 0.490 e. The molecule has 0 atom stereocenters. The van der Waals surface area contributed by atoms with Crippen molar-refractivity contribution in [1.29, 1.82) is 0 Å². The summed E-state index contributed by atoms with van der Waals surface area (Å²) in [6.07, 6.45) is -3.41. The number of hydrogen-bond acceptors (Lipinski definition) is 7. The van der Waals surface area contributed by atoms with Crippen LogP contribution in [0.2, 0.25) is 0 Å². The van der Waals surface area contributed by atoms with Crippen molar-refractivity contribution in [3.63, 3.8) is 0 Å². The lowest BCUT2D eigenvalue weighted by molar-refractivity contribution is -0.193. The molecular formula is C27H31F6N5O5. The fourth-order valence-corrected chi connectivity index (χ4v) is 4.50. The number of halogens is 6. The zero-order valence-electron chi connectivity index (χ0n) is 22.8. The van der Waals surface area contributed by atoms with Crippen LogP contribution in [-0.4, -0.2) is 86.9 Å². The van der Waals surface area contributed by atoms with Crippen molar-refractivity contribution in [1.82, 2.24) is 19.5 Å². The number of benzene rings is 1. The molecule has 43 heavy (non-hydrogen) atoms. The molecule has 10 nitrogen and oxygen atoms in total. The van der Waals surface area contributed by atoms with Crippen LogP contribution in [0, 0.1) is 5.92 Å². The summed E-state index contributed by atoms with van der Waals surface area (Å²) in [6, 6.07) is 14.3. The topological polar surface area (TPSA) is 129 Å². The van der Waals surface area contributed by atoms with E-state index >= 15 is 0 Å². The number of rotatable bonds is 5. The van der Waals surface area contributed by atoms with E-state index in [1.165, 1.54) is 19.4 Å². The summed E-state index contributed by atoms with van der Waals surface area (Å²) in [5.41, 5.74) is 3.01. The number of pyridine rings is 1. The number of fused-ring (bicyclic) bond motifs is 1. The molecule has 0 bridgehead atoms. The summed E-state index contributed by atoms with van der Waals surface area (Å²) < 4.78 is 70.9. The number of carbonyl (C=O) groups is 2. The van der Waals surface area contributed by atoms with E-state index in [9.17, 15) is 26.3 Å². The van der Waals surface area contributed by atoms with Crippen molar-refractivity contribution in [3.05, 3.63) is 54.5 Å². The van der Waals surface area contributed by atoms with Crippen LogP contribution in [0.4, 0.5) is 37.7 Å². The third kappa shape index (κ3) is 11.0. The molecule has 236 valence electrons. The first-order chi connectivity index (χ1) is 20.2. The predicted octanol–water partition coefficient (Wildman–Crippen LogP) is 5.35. The van der Waals surface area contributed by atoms with Gasteiger partial charge in [0.05, 0.1) is 11.9 Å². The Labute approximate surface area is 242 Å². The number of hydrogen-bond donors (Lipinski definition) is 3. The van der Waals surface area contributed by atoms with E-state index in [0.717, 1.165) is 67.9 Å². The Morgan fingerprint density at radius 1 is 0.860 bits per heavy atom. The molecule has 4 heterocycles. The van der Waals surface area contributed by atoms with E-state index < -0.39 is 24.3 Å². The molecule has 3 aromatic rings. The highest BCUT2D eigenvalue weighted by molar-refractivity contribution is 5.73. The molecule has 0 spiro atoms. The molecule has 2 aliphatic heterocycles. The Morgan fingerprint density at radius 3 is 1.95 bits per heavy atom. The monoisotopic (exact) mass is 619 g/mol. The van der Waals surface area contributed by atoms with E-state index in [1.807, 2.05) is 35.0 Å². The summed E-state index contributed by atoms with van der Waals surface area (Å²) in [7, 11) is 0. The number of aromatic nitrogens is 3. The summed E-state index contributed by atoms with van der Waals surface area (Å²) >= 11 is 0. The zero-order valence-corrected chi connectivity index (χ0v) is 22.8. The SMILES string of the molecule is O=C(O)C(F)(F)F.O=C(O)C(F)(F)F.c1ccc(Nc2ccc3nc(C4CCN(CC5CCOCC5)CC4)nn3c2)cc1. The number of alkyl halides is 6. The molecule has 2 fully saturated rings. The molecule has 0 unspecified atom stereocenters. The Hall–Kier alpha value is -3.92. The molecule has 5 rings (SSSR count). The summed E-state index contributed by atoms with van der Waals surface area (Å²) in [6.45, 7) is 5.40. The van der Waals surface area contributed by atoms with E-state index in [-0.39, 0.29) is 0 Å². The minimum absolute atomic E-state index is 0.464. The molecule has 0 radical (unpaired) electrons. The smallest absolute Gasteiger partial charge is 0.475 e. The van der Waals surface area contributed by atoms with Crippen LogP contribution >= 0.6 is 0 Å². The Balaban J connectivity index is 0.000000303. The van der Waals surface area contributed by atoms with Crippen molar-refractivity contribution in [3.8, 4) is 0 Å². The van der Waals surface area contributed by atoms with E-state index in [0.29, 0.717) is 5.92 Å². The van der Waals surface area contributed by atoms with Crippen LogP contribution < -0.4 is 5.32 Å². The molecule has 0 saturated carbocycles. The lowest BCUT2D eigenvalue weighted by Gasteiger charge is -2.34. The number of aliphatic carboxylic acids is 2. The lowest BCUT2D eigenvalue weighted by Crippen LogP contribution is -2.38. The van der Waals surface area contributed by atoms with Gasteiger partial charge in [-0.3, -0.25) is 0 Å². The van der Waals surface area contributed by atoms with Gasteiger partial charge in [-0.1, -0.05) is 18.2 Å². The van der Waals surface area contributed by atoms with Crippen molar-refractivity contribution in [2.45, 2.75) is 44.0 Å². The average Bonchev–Trinajstić information content (AvgIpc) is 3.38. The summed E-state index contributed by atoms with van der Waals surface area (Å²) in [5, 5.41) is 22.5. The number of nitrogens with one attached hydrogen (secondary N) is 1. The van der Waals surface area contributed by atoms with Crippen molar-refractivity contribution in [2.75, 3.05) is 38.2 Å². The predicted molar refractivity (Wildman–Crippen MR) is 142 cm³/mol. The average molecular weight is 620 g/mol. The van der Waals surface area contributed by atoms with Gasteiger partial charge in [0, 0.05) is 31.4 Å². The molecule has 1 aromatic carbocycles. The number of nitrogens with zero attached hydrogens (tertiary/aromatic N) is 4. The fraction of sp³-hybridized carbons (Fsp3) is 0.481. The van der Waals surface area contributed by atoms with Gasteiger partial charge in [0.25, 0.3) is 0 Å². The number of anilines is 2. The summed E-state index contributed by atoms with van der Waals surface area (Å²) in [5.74, 6) is -3.25. The molecule has 2 saturated heterocycles. The normalized spacial score (nSPS) is 16.9. The second-order valence-electron chi connectivity index (χ2n) is 9.92. The quantitative estimate of drug-likeness (QED) is 0.324. The number of para-hydroxylation sites is 1. The first-order valence-electron chi connectivity index (χ1n) is 13.3. The highest BCUT2D eigenvalue weighted by Crippen LogP contribution is 2.28. The third-order valence-corrected chi connectivity index (χ3v) is 6.70. The standard InChI is InChI=1S/C23H29N5O.2C2HF3O2/c1-2-4-20(5-3-1)24-21-6-7-22-25-23(26-28(22)17-21)19-8-12-27(13-9-19)16-18-10-14-29-15-11-18;2*3-2(4,5)1(6)7/h1-7,17-19,24H,8-16H2;2*(H,6,7). The van der Waals surface area contributed by atoms with Gasteiger partial charge in [0.15, 0.2) is 11.5 Å². The van der Waals surface area contributed by atoms with Crippen molar-refractivity contribution in [2.24, 2.45) is 5.92 Å². The van der Waals surface area contributed by atoms with Gasteiger partial charge >= 0.3 is 24.3 Å². The molecule has 2 aliphatic rings. The first-order valence-corrected chi connectivity index (χ1v) is 13.3. The maximum atomic E-state index is 10.6. The third-order valence-electron chi connectivity index (χ3n) is 6.70. The first kappa shape index (κ1) is 33.6. The Bertz CT molecular complexity index is 1300. The number of likely N-dealkylation sites (tertiary alicyclic amines) is 1. The minimum Gasteiger partial charge on any atom is -0.475 e. The number of carboxylic acids is 2. The number of piperidine rings is 1. The number of ether oxygens (including phenoxy) is 1. The molecule has 0 aliphatic carbocycles. The molecular weight excluding hydrogens is 588 g/mol. The highest BCUT2D eigenvalue weighted by Gasteiger charge is 2.39. The van der Waals surface area contributed by atoms with Gasteiger partial charge in [-0.25, -0.2) is 19.1 Å². The lowest BCUT2D eigenvalue weighted by atomic mass is 9.93. The zero-order chi connectivity index (χ0) is 31.6. The molecule has 2 aromatic heterocycles. The Morgan fingerprint density at radius 2 is 1.42 bits per heavy atom. The van der Waals surface area contributed by atoms with E-state index in [4.69, 9.17) is 34.6 Å². The van der Waals surface area contributed by atoms with Crippen LogP contribution in [0.3, 0.4) is 0 Å². The second-order valence-corrected chi connectivity index (χ2v) is 9.92. The van der Waals surface area contributed by atoms with E-state index in [2.05, 4.69) is 28.4 Å². The van der Waals surface area contributed by atoms with Gasteiger partial charge in [-0.05, 0) is 69.0 Å². The van der Waals surface area contributed by atoms with Crippen LogP contribution in [0.25, 0.3) is 5.65 Å². The fourth-order valence-electron chi connectivity index (χ4n) is 4.50. The van der Waals surface area contributed by atoms with Crippen LogP contribution in [0.1, 0.15) is 37.4 Å². The van der Waals surface area contributed by atoms with Crippen molar-refractivity contribution < 1.29 is 50.9 Å². The minimum atomic E-state index is -5.08. The van der Waals surface area contributed by atoms with Crippen LogP contribution in [0.5, 0.6) is 0 Å². The van der Waals surface area contributed by atoms with E-state index in [1.54, 1.807) is 0 Å². The number of carboxylic acid groups (broad SMARTS) is 2. The summed E-state index contributed by atoms with van der Waals surface area (Å²) in [4.78, 5) is 25.2. The van der Waals surface area contributed by atoms with Crippen LogP contribution in [-0.2, 0) is 14.3 Å². The maximum absolute atomic E-state index is 10.6.